The van der Waals surface area contributed by atoms with Crippen LogP contribution in [0.2, 0.25) is 0 Å². The Labute approximate surface area is 190 Å². The topological polar surface area (TPSA) is 73.7 Å². The molecule has 0 N–H and O–H groups in total. The second-order valence-electron chi connectivity index (χ2n) is 9.01. The summed E-state index contributed by atoms with van der Waals surface area (Å²) in [4.78, 5) is 26.6. The van der Waals surface area contributed by atoms with Gasteiger partial charge in [0.2, 0.25) is 0 Å². The van der Waals surface area contributed by atoms with Gasteiger partial charge in [0.05, 0.1) is 31.9 Å². The van der Waals surface area contributed by atoms with Gasteiger partial charge in [0.25, 0.3) is 5.56 Å². The number of rotatable bonds is 6. The van der Waals surface area contributed by atoms with Crippen LogP contribution in [0, 0.1) is 0 Å². The second-order valence-corrected chi connectivity index (χ2v) is 9.01. The van der Waals surface area contributed by atoms with Crippen LogP contribution in [0.4, 0.5) is 13.2 Å². The van der Waals surface area contributed by atoms with Crippen LogP contribution >= 0.6 is 0 Å². The summed E-state index contributed by atoms with van der Waals surface area (Å²) in [5, 5.41) is 4.28. The zero-order chi connectivity index (χ0) is 24.4. The van der Waals surface area contributed by atoms with Crippen LogP contribution in [0.25, 0.3) is 0 Å². The molecule has 0 aliphatic carbocycles. The summed E-state index contributed by atoms with van der Waals surface area (Å²) in [5.74, 6) is 0.129. The number of likely N-dealkylation sites (tertiary alicyclic amines) is 1. The summed E-state index contributed by atoms with van der Waals surface area (Å²) in [6.45, 7) is 5.57. The van der Waals surface area contributed by atoms with Crippen LogP contribution < -0.4 is 10.3 Å². The number of carbonyl (C=O) groups is 1. The van der Waals surface area contributed by atoms with E-state index in [1.807, 2.05) is 0 Å². The van der Waals surface area contributed by atoms with E-state index in [0.29, 0.717) is 30.7 Å². The lowest BCUT2D eigenvalue weighted by molar-refractivity contribution is -0.156. The minimum absolute atomic E-state index is 0.0669. The third-order valence-electron chi connectivity index (χ3n) is 5.25. The van der Waals surface area contributed by atoms with E-state index in [1.54, 1.807) is 49.9 Å². The van der Waals surface area contributed by atoms with E-state index in [9.17, 15) is 22.8 Å². The van der Waals surface area contributed by atoms with Crippen LogP contribution in [-0.4, -0.2) is 46.5 Å². The Kier molecular flexibility index (Phi) is 7.16. The van der Waals surface area contributed by atoms with Crippen LogP contribution in [0.5, 0.6) is 5.75 Å². The first-order valence-electron chi connectivity index (χ1n) is 10.7. The van der Waals surface area contributed by atoms with Crippen molar-refractivity contribution in [1.82, 2.24) is 14.7 Å². The molecule has 1 unspecified atom stereocenters. The molecule has 10 heteroatoms. The molecule has 3 rings (SSSR count). The van der Waals surface area contributed by atoms with E-state index < -0.39 is 34.9 Å². The Morgan fingerprint density at radius 1 is 1.18 bits per heavy atom. The summed E-state index contributed by atoms with van der Waals surface area (Å²) in [5.41, 5.74) is -2.44. The van der Waals surface area contributed by atoms with Crippen molar-refractivity contribution in [2.24, 2.45) is 0 Å². The van der Waals surface area contributed by atoms with Gasteiger partial charge in [0.1, 0.15) is 16.9 Å². The van der Waals surface area contributed by atoms with Crippen molar-refractivity contribution in [2.75, 3.05) is 20.2 Å². The quantitative estimate of drug-likeness (QED) is 0.602. The van der Waals surface area contributed by atoms with Crippen LogP contribution in [0.1, 0.15) is 56.5 Å². The molecule has 7 nitrogen and oxygen atoms in total. The number of ether oxygens (including phenoxy) is 2. The SMILES string of the molecule is COc1ccc(Cn2nc(C3CCCN3CC(=O)OC(C)(C)C)cc(C(F)(F)F)c2=O)cc1. The molecule has 0 bridgehead atoms. The summed E-state index contributed by atoms with van der Waals surface area (Å²) in [7, 11) is 1.50. The predicted octanol–water partition coefficient (Wildman–Crippen LogP) is 3.80. The zero-order valence-corrected chi connectivity index (χ0v) is 19.1. The lowest BCUT2D eigenvalue weighted by Gasteiger charge is -2.26. The molecule has 1 fully saturated rings. The van der Waals surface area contributed by atoms with Crippen molar-refractivity contribution in [1.29, 1.82) is 0 Å². The molecule has 1 aromatic carbocycles. The summed E-state index contributed by atoms with van der Waals surface area (Å²) >= 11 is 0. The van der Waals surface area contributed by atoms with Gasteiger partial charge in [-0.05, 0) is 63.9 Å². The number of halogens is 3. The molecule has 0 amide bonds. The van der Waals surface area contributed by atoms with Crippen molar-refractivity contribution in [3.8, 4) is 5.75 Å². The monoisotopic (exact) mass is 467 g/mol. The second kappa shape index (κ2) is 9.54. The predicted molar refractivity (Wildman–Crippen MR) is 115 cm³/mol. The number of esters is 1. The normalized spacial score (nSPS) is 17.2. The van der Waals surface area contributed by atoms with E-state index in [0.717, 1.165) is 10.7 Å². The molecule has 2 aromatic rings. The van der Waals surface area contributed by atoms with Gasteiger partial charge in [0.15, 0.2) is 0 Å². The van der Waals surface area contributed by atoms with Crippen molar-refractivity contribution in [3.63, 3.8) is 0 Å². The molecule has 33 heavy (non-hydrogen) atoms. The Hall–Kier alpha value is -2.88. The minimum atomic E-state index is -4.83. The molecule has 1 atom stereocenters. The number of aromatic nitrogens is 2. The summed E-state index contributed by atoms with van der Waals surface area (Å²) < 4.78 is 52.3. The summed E-state index contributed by atoms with van der Waals surface area (Å²) in [6.07, 6.45) is -3.62. The highest BCUT2D eigenvalue weighted by atomic mass is 19.4. The highest BCUT2D eigenvalue weighted by Crippen LogP contribution is 2.33. The molecular weight excluding hydrogens is 439 g/mol. The van der Waals surface area contributed by atoms with Crippen LogP contribution in [0.3, 0.4) is 0 Å². The van der Waals surface area contributed by atoms with E-state index in [-0.39, 0.29) is 18.8 Å². The molecular formula is C23H28F3N3O4. The first-order valence-corrected chi connectivity index (χ1v) is 10.7. The fourth-order valence-corrected chi connectivity index (χ4v) is 3.83. The smallest absolute Gasteiger partial charge is 0.421 e. The van der Waals surface area contributed by atoms with Crippen LogP contribution in [0.15, 0.2) is 35.1 Å². The largest absolute Gasteiger partial charge is 0.497 e. The van der Waals surface area contributed by atoms with Gasteiger partial charge in [-0.2, -0.15) is 18.3 Å². The van der Waals surface area contributed by atoms with Crippen molar-refractivity contribution in [2.45, 2.75) is 58.0 Å². The average Bonchev–Trinajstić information content (AvgIpc) is 3.15. The van der Waals surface area contributed by atoms with E-state index in [1.165, 1.54) is 7.11 Å². The van der Waals surface area contributed by atoms with Gasteiger partial charge >= 0.3 is 12.1 Å². The Morgan fingerprint density at radius 2 is 1.85 bits per heavy atom. The first kappa shape index (κ1) is 24.8. The van der Waals surface area contributed by atoms with Gasteiger partial charge in [-0.3, -0.25) is 14.5 Å². The third-order valence-corrected chi connectivity index (χ3v) is 5.25. The molecule has 0 saturated carbocycles. The first-order chi connectivity index (χ1) is 15.4. The lowest BCUT2D eigenvalue weighted by Crippen LogP contribution is -2.37. The summed E-state index contributed by atoms with van der Waals surface area (Å²) in [6, 6.07) is 6.93. The van der Waals surface area contributed by atoms with Gasteiger partial charge in [0, 0.05) is 0 Å². The third kappa shape index (κ3) is 6.34. The number of alkyl halides is 3. The Morgan fingerprint density at radius 3 is 2.42 bits per heavy atom. The standard InChI is InChI=1S/C23H28F3N3O4/c1-22(2,3)33-20(30)14-28-11-5-6-19(28)18-12-17(23(24,25)26)21(31)29(27-18)13-15-7-9-16(32-4)10-8-15/h7-10,12,19H,5-6,11,13-14H2,1-4H3. The molecule has 0 spiro atoms. The number of carbonyl (C=O) groups excluding carboxylic acids is 1. The molecule has 1 saturated heterocycles. The number of nitrogens with zero attached hydrogens (tertiary/aromatic N) is 3. The van der Waals surface area contributed by atoms with Crippen molar-refractivity contribution < 1.29 is 27.4 Å². The molecule has 1 aromatic heterocycles. The zero-order valence-electron chi connectivity index (χ0n) is 19.1. The van der Waals surface area contributed by atoms with Gasteiger partial charge in [-0.1, -0.05) is 12.1 Å². The number of hydrogen-bond donors (Lipinski definition) is 0. The Bertz CT molecular complexity index is 1040. The van der Waals surface area contributed by atoms with E-state index in [2.05, 4.69) is 5.10 Å². The Balaban J connectivity index is 1.94. The fraction of sp³-hybridized carbons (Fsp3) is 0.522. The maximum Gasteiger partial charge on any atom is 0.421 e. The number of hydrogen-bond acceptors (Lipinski definition) is 6. The maximum atomic E-state index is 13.7. The number of methoxy groups -OCH3 is 1. The molecule has 0 radical (unpaired) electrons. The van der Waals surface area contributed by atoms with E-state index >= 15 is 0 Å². The average molecular weight is 467 g/mol. The van der Waals surface area contributed by atoms with Gasteiger partial charge in [-0.15, -0.1) is 0 Å². The highest BCUT2D eigenvalue weighted by molar-refractivity contribution is 5.72. The van der Waals surface area contributed by atoms with Crippen molar-refractivity contribution in [3.05, 3.63) is 57.5 Å². The number of benzene rings is 1. The molecule has 2 heterocycles. The fourth-order valence-electron chi connectivity index (χ4n) is 3.83. The minimum Gasteiger partial charge on any atom is -0.497 e. The lowest BCUT2D eigenvalue weighted by atomic mass is 10.1. The van der Waals surface area contributed by atoms with Gasteiger partial charge in [-0.25, -0.2) is 4.68 Å². The molecule has 1 aliphatic heterocycles. The highest BCUT2D eigenvalue weighted by Gasteiger charge is 2.38. The molecule has 1 aliphatic rings. The van der Waals surface area contributed by atoms with Gasteiger partial charge < -0.3 is 9.47 Å². The van der Waals surface area contributed by atoms with E-state index in [4.69, 9.17) is 9.47 Å². The van der Waals surface area contributed by atoms with Crippen molar-refractivity contribution >= 4 is 5.97 Å². The maximum absolute atomic E-state index is 13.7. The molecule has 180 valence electrons. The van der Waals surface area contributed by atoms with Crippen LogP contribution in [-0.2, 0) is 22.3 Å².